The molecule has 9 heteroatoms. The zero-order valence-corrected chi connectivity index (χ0v) is 20.6. The zero-order chi connectivity index (χ0) is 23.5. The van der Waals surface area contributed by atoms with E-state index in [4.69, 9.17) is 4.74 Å². The number of rotatable bonds is 7. The maximum Gasteiger partial charge on any atom is 0.421 e. The van der Waals surface area contributed by atoms with Gasteiger partial charge >= 0.3 is 6.09 Å². The Morgan fingerprint density at radius 2 is 2.00 bits per heavy atom. The fraction of sp³-hybridized carbons (Fsp3) is 0.391. The lowest BCUT2D eigenvalue weighted by Gasteiger charge is -2.19. The first kappa shape index (κ1) is 24.0. The van der Waals surface area contributed by atoms with Gasteiger partial charge in [0, 0.05) is 29.4 Å². The van der Waals surface area contributed by atoms with Crippen LogP contribution in [0.3, 0.4) is 0 Å². The number of carbonyl (C=O) groups is 1. The fourth-order valence-electron chi connectivity index (χ4n) is 3.21. The molecule has 32 heavy (non-hydrogen) atoms. The number of hydrogen-bond acceptors (Lipinski definition) is 6. The predicted octanol–water partition coefficient (Wildman–Crippen LogP) is 5.07. The summed E-state index contributed by atoms with van der Waals surface area (Å²) < 4.78 is 35.6. The molecule has 1 N–H and O–H groups in total. The number of ether oxygens (including phenoxy) is 1. The Morgan fingerprint density at radius 1 is 1.25 bits per heavy atom. The molecule has 0 unspecified atom stereocenters. The smallest absolute Gasteiger partial charge is 0.421 e. The van der Waals surface area contributed by atoms with E-state index in [0.717, 1.165) is 22.4 Å². The van der Waals surface area contributed by atoms with Crippen LogP contribution >= 0.6 is 11.3 Å². The van der Waals surface area contributed by atoms with Gasteiger partial charge in [-0.3, -0.25) is 0 Å². The summed E-state index contributed by atoms with van der Waals surface area (Å²) in [7, 11) is -4.11. The number of thiophene rings is 1. The molecule has 0 aliphatic heterocycles. The van der Waals surface area contributed by atoms with E-state index in [0.29, 0.717) is 18.0 Å². The number of nitrogens with zero attached hydrogens (tertiary/aromatic N) is 2. The van der Waals surface area contributed by atoms with Crippen LogP contribution in [0.5, 0.6) is 0 Å². The van der Waals surface area contributed by atoms with Gasteiger partial charge in [-0.15, -0.1) is 11.3 Å². The summed E-state index contributed by atoms with van der Waals surface area (Å²) in [6.45, 7) is 9.83. The number of hydrogen-bond donors (Lipinski definition) is 1. The summed E-state index contributed by atoms with van der Waals surface area (Å²) in [4.78, 5) is 17.2. The van der Waals surface area contributed by atoms with Crippen molar-refractivity contribution in [3.05, 3.63) is 59.5 Å². The molecule has 0 saturated heterocycles. The highest BCUT2D eigenvalue weighted by Gasteiger charge is 2.28. The minimum absolute atomic E-state index is 0.110. The summed E-state index contributed by atoms with van der Waals surface area (Å²) >= 11 is 1.19. The van der Waals surface area contributed by atoms with Crippen molar-refractivity contribution in [3.63, 3.8) is 0 Å². The van der Waals surface area contributed by atoms with Gasteiger partial charge in [0.25, 0.3) is 10.0 Å². The lowest BCUT2D eigenvalue weighted by atomic mass is 10.0. The van der Waals surface area contributed by atoms with Gasteiger partial charge in [-0.1, -0.05) is 32.0 Å². The van der Waals surface area contributed by atoms with Crippen molar-refractivity contribution in [2.24, 2.45) is 5.92 Å². The van der Waals surface area contributed by atoms with E-state index in [1.165, 1.54) is 11.3 Å². The van der Waals surface area contributed by atoms with E-state index < -0.39 is 21.7 Å². The standard InChI is InChI=1S/C23H29N3O4S2/c1-16(2)11-19-13-20(18-8-6-7-17(12-18)14-26-10-9-24-15-26)21(31-19)32(28,29)25-22(27)30-23(3,4)5/h6-10,12-13,15-16H,11,14H2,1-5H3,(H,25,27). The van der Waals surface area contributed by atoms with Crippen LogP contribution in [0.1, 0.15) is 45.1 Å². The SMILES string of the molecule is CC(C)Cc1cc(-c2cccc(Cn3ccnc3)c2)c(S(=O)(=O)NC(=O)OC(C)(C)C)s1. The third-order valence-corrected chi connectivity index (χ3v) is 7.39. The number of sulfonamides is 1. The van der Waals surface area contributed by atoms with E-state index >= 15 is 0 Å². The molecule has 3 aromatic rings. The Morgan fingerprint density at radius 3 is 2.62 bits per heavy atom. The van der Waals surface area contributed by atoms with Crippen molar-refractivity contribution in [3.8, 4) is 11.1 Å². The van der Waals surface area contributed by atoms with E-state index in [-0.39, 0.29) is 4.21 Å². The molecule has 7 nitrogen and oxygen atoms in total. The summed E-state index contributed by atoms with van der Waals surface area (Å²) in [6, 6.07) is 9.64. The highest BCUT2D eigenvalue weighted by atomic mass is 32.2. The van der Waals surface area contributed by atoms with Crippen molar-refractivity contribution < 1.29 is 17.9 Å². The number of nitrogens with one attached hydrogen (secondary N) is 1. The normalized spacial score (nSPS) is 12.2. The second kappa shape index (κ2) is 9.46. The molecule has 1 aromatic carbocycles. The fourth-order valence-corrected chi connectivity index (χ4v) is 6.03. The minimum Gasteiger partial charge on any atom is -0.443 e. The van der Waals surface area contributed by atoms with Gasteiger partial charge in [0.2, 0.25) is 0 Å². The number of imidazole rings is 1. The minimum atomic E-state index is -4.11. The van der Waals surface area contributed by atoms with Crippen LogP contribution in [-0.2, 0) is 27.7 Å². The highest BCUT2D eigenvalue weighted by molar-refractivity contribution is 7.92. The Balaban J connectivity index is 1.99. The molecular weight excluding hydrogens is 446 g/mol. The Bertz CT molecular complexity index is 1170. The lowest BCUT2D eigenvalue weighted by molar-refractivity contribution is 0.0570. The van der Waals surface area contributed by atoms with Crippen molar-refractivity contribution >= 4 is 27.5 Å². The maximum atomic E-state index is 13.1. The molecule has 2 heterocycles. The maximum absolute atomic E-state index is 13.1. The second-order valence-electron chi connectivity index (χ2n) is 9.05. The highest BCUT2D eigenvalue weighted by Crippen LogP contribution is 2.36. The van der Waals surface area contributed by atoms with Gasteiger partial charge in [0.15, 0.2) is 0 Å². The first-order valence-electron chi connectivity index (χ1n) is 10.4. The van der Waals surface area contributed by atoms with Crippen LogP contribution in [0.15, 0.2) is 53.3 Å². The average molecular weight is 476 g/mol. The molecular formula is C23H29N3O4S2. The molecule has 2 aromatic heterocycles. The van der Waals surface area contributed by atoms with E-state index in [9.17, 15) is 13.2 Å². The third kappa shape index (κ3) is 6.43. The van der Waals surface area contributed by atoms with Gasteiger partial charge in [-0.05, 0) is 56.4 Å². The van der Waals surface area contributed by atoms with E-state index in [1.807, 2.05) is 41.1 Å². The summed E-state index contributed by atoms with van der Waals surface area (Å²) in [5.74, 6) is 0.364. The van der Waals surface area contributed by atoms with E-state index in [1.54, 1.807) is 33.3 Å². The van der Waals surface area contributed by atoms with Crippen LogP contribution in [-0.4, -0.2) is 29.7 Å². The van der Waals surface area contributed by atoms with Crippen molar-refractivity contribution in [1.29, 1.82) is 0 Å². The van der Waals surface area contributed by atoms with Crippen molar-refractivity contribution in [2.45, 2.75) is 57.4 Å². The monoisotopic (exact) mass is 475 g/mol. The topological polar surface area (TPSA) is 90.3 Å². The van der Waals surface area contributed by atoms with Crippen LogP contribution in [0.25, 0.3) is 11.1 Å². The van der Waals surface area contributed by atoms with Gasteiger partial charge < -0.3 is 9.30 Å². The molecule has 172 valence electrons. The van der Waals surface area contributed by atoms with Gasteiger partial charge in [-0.2, -0.15) is 0 Å². The molecule has 0 fully saturated rings. The first-order chi connectivity index (χ1) is 14.9. The molecule has 1 amide bonds. The number of amides is 1. The second-order valence-corrected chi connectivity index (χ2v) is 12.1. The van der Waals surface area contributed by atoms with Crippen molar-refractivity contribution in [1.82, 2.24) is 14.3 Å². The molecule has 0 spiro atoms. The van der Waals surface area contributed by atoms with Gasteiger partial charge in [-0.25, -0.2) is 22.9 Å². The molecule has 0 bridgehead atoms. The predicted molar refractivity (Wildman–Crippen MR) is 126 cm³/mol. The third-order valence-electron chi connectivity index (χ3n) is 4.38. The number of benzene rings is 1. The van der Waals surface area contributed by atoms with Crippen molar-refractivity contribution in [2.75, 3.05) is 0 Å². The summed E-state index contributed by atoms with van der Waals surface area (Å²) in [6.07, 6.45) is 5.08. The summed E-state index contributed by atoms with van der Waals surface area (Å²) in [5.41, 5.74) is 1.57. The summed E-state index contributed by atoms with van der Waals surface area (Å²) in [5, 5.41) is 0. The van der Waals surface area contributed by atoms with Crippen LogP contribution in [0, 0.1) is 5.92 Å². The quantitative estimate of drug-likeness (QED) is 0.515. The van der Waals surface area contributed by atoms with Gasteiger partial charge in [0.05, 0.1) is 6.33 Å². The Kier molecular flexibility index (Phi) is 7.09. The van der Waals surface area contributed by atoms with Crippen LogP contribution in [0.2, 0.25) is 0 Å². The number of carbonyl (C=O) groups excluding carboxylic acids is 1. The first-order valence-corrected chi connectivity index (χ1v) is 12.7. The molecule has 0 aliphatic rings. The van der Waals surface area contributed by atoms with Crippen LogP contribution in [0.4, 0.5) is 4.79 Å². The Labute approximate surface area is 193 Å². The molecule has 0 saturated carbocycles. The van der Waals surface area contributed by atoms with E-state index in [2.05, 4.69) is 23.6 Å². The zero-order valence-electron chi connectivity index (χ0n) is 19.0. The molecule has 0 radical (unpaired) electrons. The number of aromatic nitrogens is 2. The van der Waals surface area contributed by atoms with Gasteiger partial charge in [0.1, 0.15) is 9.81 Å². The lowest BCUT2D eigenvalue weighted by Crippen LogP contribution is -2.36. The molecule has 0 atom stereocenters. The molecule has 0 aliphatic carbocycles. The average Bonchev–Trinajstić information content (AvgIpc) is 3.29. The Hall–Kier alpha value is -2.65. The largest absolute Gasteiger partial charge is 0.443 e. The molecule has 3 rings (SSSR count). The van der Waals surface area contributed by atoms with Crippen LogP contribution < -0.4 is 4.72 Å².